The van der Waals surface area contributed by atoms with E-state index in [1.807, 2.05) is 13.0 Å². The van der Waals surface area contributed by atoms with Crippen molar-refractivity contribution in [2.75, 3.05) is 36.0 Å². The fourth-order valence-electron chi connectivity index (χ4n) is 2.52. The highest BCUT2D eigenvalue weighted by atomic mass is 19.3. The zero-order valence-corrected chi connectivity index (χ0v) is 12.7. The van der Waals surface area contributed by atoms with E-state index in [1.54, 1.807) is 12.3 Å². The quantitative estimate of drug-likeness (QED) is 0.860. The monoisotopic (exact) mass is 321 g/mol. The molecule has 3 heterocycles. The van der Waals surface area contributed by atoms with Crippen LogP contribution in [0.5, 0.6) is 5.75 Å². The highest BCUT2D eigenvalue weighted by Gasteiger charge is 2.19. The van der Waals surface area contributed by atoms with E-state index in [-0.39, 0.29) is 5.75 Å². The molecule has 0 radical (unpaired) electrons. The second-order valence-corrected chi connectivity index (χ2v) is 5.17. The number of rotatable bonds is 4. The van der Waals surface area contributed by atoms with Crippen molar-refractivity contribution in [2.24, 2.45) is 0 Å². The number of anilines is 2. The lowest BCUT2D eigenvalue weighted by Gasteiger charge is -2.36. The van der Waals surface area contributed by atoms with E-state index in [2.05, 4.69) is 29.5 Å². The molecular formula is C15H17F2N5O. The number of hydrogen-bond acceptors (Lipinski definition) is 6. The van der Waals surface area contributed by atoms with Crippen molar-refractivity contribution in [3.8, 4) is 5.75 Å². The summed E-state index contributed by atoms with van der Waals surface area (Å²) in [7, 11) is 0. The number of alkyl halides is 2. The van der Waals surface area contributed by atoms with Crippen molar-refractivity contribution < 1.29 is 13.5 Å². The number of hydrogen-bond donors (Lipinski definition) is 0. The maximum atomic E-state index is 12.1. The Bertz CT molecular complexity index is 645. The Labute approximate surface area is 132 Å². The second-order valence-electron chi connectivity index (χ2n) is 5.17. The smallest absolute Gasteiger partial charge is 0.387 e. The molecule has 0 aliphatic carbocycles. The van der Waals surface area contributed by atoms with Crippen molar-refractivity contribution in [2.45, 2.75) is 13.5 Å². The van der Waals surface area contributed by atoms with Crippen LogP contribution >= 0.6 is 0 Å². The average Bonchev–Trinajstić information content (AvgIpc) is 2.55. The third kappa shape index (κ3) is 3.82. The summed E-state index contributed by atoms with van der Waals surface area (Å²) in [5.74, 6) is 2.50. The standard InChI is InChI=1S/C15H17F2N5O/c1-11-18-5-4-14(20-11)22-8-6-21(7-9-22)13-3-2-12(10-19-13)23-15(16)17/h2-5,10,15H,6-9H2,1H3. The van der Waals surface area contributed by atoms with E-state index >= 15 is 0 Å². The van der Waals surface area contributed by atoms with Crippen molar-refractivity contribution in [1.82, 2.24) is 15.0 Å². The van der Waals surface area contributed by atoms with Crippen LogP contribution in [0.3, 0.4) is 0 Å². The van der Waals surface area contributed by atoms with E-state index < -0.39 is 6.61 Å². The number of piperazine rings is 1. The number of aromatic nitrogens is 3. The van der Waals surface area contributed by atoms with Gasteiger partial charge in [-0.25, -0.2) is 15.0 Å². The topological polar surface area (TPSA) is 54.4 Å². The lowest BCUT2D eigenvalue weighted by atomic mass is 10.3. The maximum Gasteiger partial charge on any atom is 0.387 e. The van der Waals surface area contributed by atoms with Gasteiger partial charge in [0.1, 0.15) is 23.2 Å². The molecule has 1 aliphatic heterocycles. The molecule has 2 aromatic heterocycles. The first-order valence-electron chi connectivity index (χ1n) is 7.32. The molecule has 0 atom stereocenters. The van der Waals surface area contributed by atoms with Crippen molar-refractivity contribution in [3.05, 3.63) is 36.4 Å². The first-order chi connectivity index (χ1) is 11.1. The summed E-state index contributed by atoms with van der Waals surface area (Å²) in [5, 5.41) is 0. The predicted octanol–water partition coefficient (Wildman–Crippen LogP) is 2.11. The summed E-state index contributed by atoms with van der Waals surface area (Å²) in [6.45, 7) is 2.23. The zero-order valence-electron chi connectivity index (χ0n) is 12.7. The molecule has 0 amide bonds. The van der Waals surface area contributed by atoms with E-state index in [9.17, 15) is 8.78 Å². The molecule has 3 rings (SSSR count). The van der Waals surface area contributed by atoms with Gasteiger partial charge in [0.25, 0.3) is 0 Å². The largest absolute Gasteiger partial charge is 0.433 e. The van der Waals surface area contributed by atoms with Gasteiger partial charge in [-0.15, -0.1) is 0 Å². The van der Waals surface area contributed by atoms with Gasteiger partial charge < -0.3 is 14.5 Å². The van der Waals surface area contributed by atoms with Crippen LogP contribution in [0.2, 0.25) is 0 Å². The van der Waals surface area contributed by atoms with E-state index in [4.69, 9.17) is 0 Å². The third-order valence-electron chi connectivity index (χ3n) is 3.63. The minimum Gasteiger partial charge on any atom is -0.433 e. The lowest BCUT2D eigenvalue weighted by Crippen LogP contribution is -2.47. The van der Waals surface area contributed by atoms with Gasteiger partial charge in [0, 0.05) is 32.4 Å². The second kappa shape index (κ2) is 6.72. The molecule has 122 valence electrons. The van der Waals surface area contributed by atoms with Gasteiger partial charge in [-0.3, -0.25) is 0 Å². The Hall–Kier alpha value is -2.51. The highest BCUT2D eigenvalue weighted by molar-refractivity contribution is 5.45. The lowest BCUT2D eigenvalue weighted by molar-refractivity contribution is -0.0500. The average molecular weight is 321 g/mol. The van der Waals surface area contributed by atoms with Gasteiger partial charge in [-0.1, -0.05) is 0 Å². The van der Waals surface area contributed by atoms with Gasteiger partial charge in [-0.2, -0.15) is 8.78 Å². The van der Waals surface area contributed by atoms with Crippen molar-refractivity contribution in [1.29, 1.82) is 0 Å². The van der Waals surface area contributed by atoms with Crippen LogP contribution < -0.4 is 14.5 Å². The Morgan fingerprint density at radius 3 is 2.26 bits per heavy atom. The molecule has 23 heavy (non-hydrogen) atoms. The Balaban J connectivity index is 1.60. The van der Waals surface area contributed by atoms with Crippen molar-refractivity contribution in [3.63, 3.8) is 0 Å². The molecule has 6 nitrogen and oxygen atoms in total. The van der Waals surface area contributed by atoms with Gasteiger partial charge in [0.15, 0.2) is 0 Å². The van der Waals surface area contributed by atoms with Crippen LogP contribution in [-0.2, 0) is 0 Å². The molecule has 2 aromatic rings. The van der Waals surface area contributed by atoms with E-state index in [1.165, 1.54) is 12.3 Å². The third-order valence-corrected chi connectivity index (χ3v) is 3.63. The molecule has 0 N–H and O–H groups in total. The maximum absolute atomic E-state index is 12.1. The number of halogens is 2. The fourth-order valence-corrected chi connectivity index (χ4v) is 2.52. The number of ether oxygens (including phenoxy) is 1. The summed E-state index contributed by atoms with van der Waals surface area (Å²) in [5.41, 5.74) is 0. The SMILES string of the molecule is Cc1nccc(N2CCN(c3ccc(OC(F)F)cn3)CC2)n1. The minimum absolute atomic E-state index is 0.0684. The normalized spacial score (nSPS) is 15.1. The Kier molecular flexibility index (Phi) is 4.50. The summed E-state index contributed by atoms with van der Waals surface area (Å²) in [6, 6.07) is 5.11. The highest BCUT2D eigenvalue weighted by Crippen LogP contribution is 2.20. The minimum atomic E-state index is -2.83. The Morgan fingerprint density at radius 2 is 1.70 bits per heavy atom. The number of aryl methyl sites for hydroxylation is 1. The molecule has 0 spiro atoms. The van der Waals surface area contributed by atoms with Gasteiger partial charge in [-0.05, 0) is 25.1 Å². The molecule has 0 bridgehead atoms. The molecular weight excluding hydrogens is 304 g/mol. The van der Waals surface area contributed by atoms with Crippen LogP contribution in [0, 0.1) is 6.92 Å². The fraction of sp³-hybridized carbons (Fsp3) is 0.400. The number of pyridine rings is 1. The molecule has 0 unspecified atom stereocenters. The van der Waals surface area contributed by atoms with Gasteiger partial charge >= 0.3 is 6.61 Å². The summed E-state index contributed by atoms with van der Waals surface area (Å²) in [6.07, 6.45) is 3.08. The van der Waals surface area contributed by atoms with Crippen molar-refractivity contribution >= 4 is 11.6 Å². The van der Waals surface area contributed by atoms with Crippen LogP contribution in [0.25, 0.3) is 0 Å². The van der Waals surface area contributed by atoms with Crippen LogP contribution in [-0.4, -0.2) is 47.7 Å². The van der Waals surface area contributed by atoms with Gasteiger partial charge in [0.2, 0.25) is 0 Å². The van der Waals surface area contributed by atoms with E-state index in [0.717, 1.165) is 43.6 Å². The number of nitrogens with zero attached hydrogens (tertiary/aromatic N) is 5. The molecule has 1 aliphatic rings. The summed E-state index contributed by atoms with van der Waals surface area (Å²) >= 11 is 0. The van der Waals surface area contributed by atoms with E-state index in [0.29, 0.717) is 0 Å². The zero-order chi connectivity index (χ0) is 16.2. The predicted molar refractivity (Wildman–Crippen MR) is 82.1 cm³/mol. The molecule has 0 aromatic carbocycles. The molecule has 1 saturated heterocycles. The summed E-state index contributed by atoms with van der Waals surface area (Å²) in [4.78, 5) is 17.0. The first kappa shape index (κ1) is 15.4. The molecule has 0 saturated carbocycles. The van der Waals surface area contributed by atoms with Crippen LogP contribution in [0.4, 0.5) is 20.4 Å². The molecule has 8 heteroatoms. The Morgan fingerprint density at radius 1 is 1.00 bits per heavy atom. The molecule has 1 fully saturated rings. The van der Waals surface area contributed by atoms with Crippen LogP contribution in [0.15, 0.2) is 30.6 Å². The summed E-state index contributed by atoms with van der Waals surface area (Å²) < 4.78 is 28.6. The van der Waals surface area contributed by atoms with Crippen LogP contribution in [0.1, 0.15) is 5.82 Å². The first-order valence-corrected chi connectivity index (χ1v) is 7.32. The van der Waals surface area contributed by atoms with Gasteiger partial charge in [0.05, 0.1) is 6.20 Å².